The Balaban J connectivity index is 2.19. The standard InChI is InChI=1S/C14H28N2O/c1-2-3-4-8-11-14(17)16-13-10-7-5-6-9-12(13)15/h12-13H,2-11,15H2,1H3,(H,16,17). The summed E-state index contributed by atoms with van der Waals surface area (Å²) in [4.78, 5) is 11.8. The van der Waals surface area contributed by atoms with E-state index in [1.807, 2.05) is 0 Å². The topological polar surface area (TPSA) is 55.1 Å². The molecule has 17 heavy (non-hydrogen) atoms. The van der Waals surface area contributed by atoms with E-state index < -0.39 is 0 Å². The van der Waals surface area contributed by atoms with E-state index in [1.54, 1.807) is 0 Å². The molecule has 3 N–H and O–H groups in total. The van der Waals surface area contributed by atoms with Gasteiger partial charge in [-0.1, -0.05) is 45.4 Å². The molecule has 0 heterocycles. The van der Waals surface area contributed by atoms with Gasteiger partial charge in [0.25, 0.3) is 0 Å². The number of hydrogen-bond acceptors (Lipinski definition) is 2. The van der Waals surface area contributed by atoms with Crippen molar-refractivity contribution in [2.45, 2.75) is 83.2 Å². The van der Waals surface area contributed by atoms with E-state index in [0.717, 1.165) is 19.3 Å². The van der Waals surface area contributed by atoms with Crippen LogP contribution >= 0.6 is 0 Å². The second kappa shape index (κ2) is 8.51. The number of rotatable bonds is 6. The molecule has 0 aromatic rings. The van der Waals surface area contributed by atoms with Crippen LogP contribution in [0.25, 0.3) is 0 Å². The van der Waals surface area contributed by atoms with Crippen LogP contribution in [0.3, 0.4) is 0 Å². The zero-order chi connectivity index (χ0) is 12.5. The number of nitrogens with two attached hydrogens (primary N) is 1. The number of nitrogens with one attached hydrogen (secondary N) is 1. The minimum atomic E-state index is 0.164. The molecular weight excluding hydrogens is 212 g/mol. The van der Waals surface area contributed by atoms with Crippen molar-refractivity contribution in [2.75, 3.05) is 0 Å². The fraction of sp³-hybridized carbons (Fsp3) is 0.929. The lowest BCUT2D eigenvalue weighted by atomic mass is 10.0. The Bertz CT molecular complexity index is 218. The zero-order valence-electron chi connectivity index (χ0n) is 11.2. The molecule has 3 nitrogen and oxygen atoms in total. The molecule has 1 amide bonds. The molecule has 3 heteroatoms. The van der Waals surface area contributed by atoms with E-state index in [9.17, 15) is 4.79 Å². The lowest BCUT2D eigenvalue weighted by Gasteiger charge is -2.22. The summed E-state index contributed by atoms with van der Waals surface area (Å²) in [6, 6.07) is 0.383. The Hall–Kier alpha value is -0.570. The summed E-state index contributed by atoms with van der Waals surface area (Å²) in [7, 11) is 0. The maximum atomic E-state index is 11.8. The number of carbonyl (C=O) groups is 1. The van der Waals surface area contributed by atoms with Crippen LogP contribution in [-0.2, 0) is 4.79 Å². The van der Waals surface area contributed by atoms with E-state index in [1.165, 1.54) is 38.5 Å². The number of amides is 1. The molecule has 0 radical (unpaired) electrons. The first kappa shape index (κ1) is 14.5. The maximum absolute atomic E-state index is 11.8. The molecule has 0 aromatic heterocycles. The van der Waals surface area contributed by atoms with Crippen molar-refractivity contribution >= 4 is 5.91 Å². The molecule has 0 aromatic carbocycles. The zero-order valence-corrected chi connectivity index (χ0v) is 11.2. The van der Waals surface area contributed by atoms with E-state index in [2.05, 4.69) is 12.2 Å². The van der Waals surface area contributed by atoms with Gasteiger partial charge in [-0.15, -0.1) is 0 Å². The van der Waals surface area contributed by atoms with Gasteiger partial charge in [0, 0.05) is 18.5 Å². The highest BCUT2D eigenvalue weighted by Gasteiger charge is 2.21. The fourth-order valence-corrected chi connectivity index (χ4v) is 2.51. The Morgan fingerprint density at radius 3 is 2.71 bits per heavy atom. The first-order chi connectivity index (χ1) is 8.24. The van der Waals surface area contributed by atoms with Crippen molar-refractivity contribution in [1.82, 2.24) is 5.32 Å². The molecule has 1 fully saturated rings. The van der Waals surface area contributed by atoms with Gasteiger partial charge in [-0.3, -0.25) is 4.79 Å². The van der Waals surface area contributed by atoms with Gasteiger partial charge in [-0.2, -0.15) is 0 Å². The average molecular weight is 240 g/mol. The summed E-state index contributed by atoms with van der Waals surface area (Å²) in [5, 5.41) is 3.12. The highest BCUT2D eigenvalue weighted by molar-refractivity contribution is 5.76. The molecule has 1 saturated carbocycles. The molecule has 100 valence electrons. The largest absolute Gasteiger partial charge is 0.352 e. The van der Waals surface area contributed by atoms with E-state index in [4.69, 9.17) is 5.73 Å². The van der Waals surface area contributed by atoms with Crippen LogP contribution < -0.4 is 11.1 Å². The normalized spacial score (nSPS) is 25.3. The van der Waals surface area contributed by atoms with Crippen LogP contribution in [0.1, 0.15) is 71.1 Å². The summed E-state index contributed by atoms with van der Waals surface area (Å²) in [6.45, 7) is 2.19. The molecule has 0 bridgehead atoms. The Morgan fingerprint density at radius 1 is 1.18 bits per heavy atom. The van der Waals surface area contributed by atoms with Crippen LogP contribution in [0.5, 0.6) is 0 Å². The van der Waals surface area contributed by atoms with Gasteiger partial charge in [-0.05, 0) is 19.3 Å². The average Bonchev–Trinajstić information content (AvgIpc) is 2.51. The number of unbranched alkanes of at least 4 members (excludes halogenated alkanes) is 3. The lowest BCUT2D eigenvalue weighted by Crippen LogP contribution is -2.46. The molecular formula is C14H28N2O. The quantitative estimate of drug-likeness (QED) is 0.554. The van der Waals surface area contributed by atoms with Crippen LogP contribution in [-0.4, -0.2) is 18.0 Å². The number of carbonyl (C=O) groups excluding carboxylic acids is 1. The highest BCUT2D eigenvalue weighted by atomic mass is 16.1. The summed E-state index contributed by atoms with van der Waals surface area (Å²) in [5.74, 6) is 0.198. The van der Waals surface area contributed by atoms with Crippen molar-refractivity contribution in [1.29, 1.82) is 0 Å². The van der Waals surface area contributed by atoms with Gasteiger partial charge >= 0.3 is 0 Å². The summed E-state index contributed by atoms with van der Waals surface area (Å²) >= 11 is 0. The molecule has 0 aliphatic heterocycles. The smallest absolute Gasteiger partial charge is 0.220 e. The Kier molecular flexibility index (Phi) is 7.25. The van der Waals surface area contributed by atoms with Crippen LogP contribution in [0.2, 0.25) is 0 Å². The Labute approximate surface area is 106 Å². The molecule has 1 aliphatic carbocycles. The third kappa shape index (κ3) is 6.06. The van der Waals surface area contributed by atoms with Crippen LogP contribution in [0.4, 0.5) is 0 Å². The van der Waals surface area contributed by atoms with Crippen LogP contribution in [0, 0.1) is 0 Å². The van der Waals surface area contributed by atoms with E-state index in [0.29, 0.717) is 6.42 Å². The second-order valence-corrected chi connectivity index (χ2v) is 5.29. The van der Waals surface area contributed by atoms with Gasteiger partial charge in [0.2, 0.25) is 5.91 Å². The van der Waals surface area contributed by atoms with Gasteiger partial charge in [-0.25, -0.2) is 0 Å². The molecule has 1 rings (SSSR count). The lowest BCUT2D eigenvalue weighted by molar-refractivity contribution is -0.122. The molecule has 0 saturated heterocycles. The maximum Gasteiger partial charge on any atom is 0.220 e. The van der Waals surface area contributed by atoms with Gasteiger partial charge in [0.05, 0.1) is 0 Å². The first-order valence-electron chi connectivity index (χ1n) is 7.29. The highest BCUT2D eigenvalue weighted by Crippen LogP contribution is 2.17. The first-order valence-corrected chi connectivity index (χ1v) is 7.29. The summed E-state index contributed by atoms with van der Waals surface area (Å²) in [5.41, 5.74) is 6.09. The molecule has 0 spiro atoms. The minimum absolute atomic E-state index is 0.164. The Morgan fingerprint density at radius 2 is 1.94 bits per heavy atom. The molecule has 2 unspecified atom stereocenters. The van der Waals surface area contributed by atoms with E-state index >= 15 is 0 Å². The summed E-state index contributed by atoms with van der Waals surface area (Å²) in [6.07, 6.45) is 11.1. The van der Waals surface area contributed by atoms with Crippen molar-refractivity contribution in [3.05, 3.63) is 0 Å². The second-order valence-electron chi connectivity index (χ2n) is 5.29. The number of hydrogen-bond donors (Lipinski definition) is 2. The predicted octanol–water partition coefficient (Wildman–Crippen LogP) is 2.73. The SMILES string of the molecule is CCCCCCC(=O)NC1CCCCCC1N. The van der Waals surface area contributed by atoms with Crippen molar-refractivity contribution in [3.8, 4) is 0 Å². The fourth-order valence-electron chi connectivity index (χ4n) is 2.51. The van der Waals surface area contributed by atoms with Crippen molar-refractivity contribution in [3.63, 3.8) is 0 Å². The third-order valence-electron chi connectivity index (χ3n) is 3.67. The molecule has 1 aliphatic rings. The van der Waals surface area contributed by atoms with Gasteiger partial charge < -0.3 is 11.1 Å². The van der Waals surface area contributed by atoms with Crippen LogP contribution in [0.15, 0.2) is 0 Å². The van der Waals surface area contributed by atoms with Crippen molar-refractivity contribution in [2.24, 2.45) is 5.73 Å². The molecule has 2 atom stereocenters. The predicted molar refractivity (Wildman–Crippen MR) is 71.8 cm³/mol. The monoisotopic (exact) mass is 240 g/mol. The van der Waals surface area contributed by atoms with E-state index in [-0.39, 0.29) is 18.0 Å². The minimum Gasteiger partial charge on any atom is -0.352 e. The van der Waals surface area contributed by atoms with Gasteiger partial charge in [0.1, 0.15) is 0 Å². The van der Waals surface area contributed by atoms with Crippen molar-refractivity contribution < 1.29 is 4.79 Å². The third-order valence-corrected chi connectivity index (χ3v) is 3.67. The summed E-state index contributed by atoms with van der Waals surface area (Å²) < 4.78 is 0. The van der Waals surface area contributed by atoms with Gasteiger partial charge in [0.15, 0.2) is 0 Å².